The Kier molecular flexibility index (Phi) is 5.21. The molecule has 2 aromatic heterocycles. The van der Waals surface area contributed by atoms with E-state index in [9.17, 15) is 18.0 Å². The molecule has 1 aliphatic rings. The van der Waals surface area contributed by atoms with Crippen molar-refractivity contribution in [1.82, 2.24) is 25.5 Å². The lowest BCUT2D eigenvalue weighted by Crippen LogP contribution is -2.40. The van der Waals surface area contributed by atoms with Gasteiger partial charge in [-0.1, -0.05) is 6.92 Å². The van der Waals surface area contributed by atoms with Gasteiger partial charge in [0.1, 0.15) is 5.82 Å². The topological polar surface area (TPSA) is 92.8 Å². The third kappa shape index (κ3) is 4.01. The summed E-state index contributed by atoms with van der Waals surface area (Å²) >= 11 is 0. The maximum absolute atomic E-state index is 13.0. The highest BCUT2D eigenvalue weighted by atomic mass is 19.4. The van der Waals surface area contributed by atoms with E-state index in [2.05, 4.69) is 25.5 Å². The molecule has 7 nitrogen and oxygen atoms in total. The van der Waals surface area contributed by atoms with Crippen LogP contribution in [0.3, 0.4) is 0 Å². The number of rotatable bonds is 5. The quantitative estimate of drug-likeness (QED) is 0.836. The highest BCUT2D eigenvalue weighted by Crippen LogP contribution is 2.31. The number of hydrogen-bond acceptors (Lipinski definition) is 5. The number of aromatic nitrogens is 4. The van der Waals surface area contributed by atoms with Crippen LogP contribution >= 0.6 is 0 Å². The maximum atomic E-state index is 13.0. The molecule has 0 spiro atoms. The molecule has 3 rings (SSSR count). The van der Waals surface area contributed by atoms with Crippen molar-refractivity contribution in [1.29, 1.82) is 0 Å². The number of amides is 1. The normalized spacial score (nSPS) is 20.3. The van der Waals surface area contributed by atoms with Gasteiger partial charge in [-0.05, 0) is 11.6 Å². The molecule has 1 fully saturated rings. The Labute approximate surface area is 147 Å². The average molecular weight is 369 g/mol. The van der Waals surface area contributed by atoms with Gasteiger partial charge < -0.3 is 10.1 Å². The van der Waals surface area contributed by atoms with Crippen molar-refractivity contribution in [2.45, 2.75) is 37.9 Å². The Balaban J connectivity index is 1.68. The van der Waals surface area contributed by atoms with Crippen molar-refractivity contribution in [3.8, 4) is 0 Å². The number of halogens is 3. The van der Waals surface area contributed by atoms with Crippen molar-refractivity contribution in [3.05, 3.63) is 41.2 Å². The van der Waals surface area contributed by atoms with E-state index in [1.807, 2.05) is 6.92 Å². The van der Waals surface area contributed by atoms with Crippen LogP contribution in [0.2, 0.25) is 0 Å². The number of pyridine rings is 1. The summed E-state index contributed by atoms with van der Waals surface area (Å²) in [6.45, 7) is 2.53. The summed E-state index contributed by atoms with van der Waals surface area (Å²) in [6, 6.07) is 0.471. The fourth-order valence-corrected chi connectivity index (χ4v) is 2.86. The number of carbonyl (C=O) groups is 1. The molecule has 0 unspecified atom stereocenters. The van der Waals surface area contributed by atoms with Gasteiger partial charge in [0.15, 0.2) is 5.82 Å². The second-order valence-corrected chi connectivity index (χ2v) is 6.02. The van der Waals surface area contributed by atoms with E-state index in [4.69, 9.17) is 4.74 Å². The average Bonchev–Trinajstić information content (AvgIpc) is 3.22. The predicted molar refractivity (Wildman–Crippen MR) is 84.2 cm³/mol. The molecule has 1 amide bonds. The first-order valence-corrected chi connectivity index (χ1v) is 8.16. The first-order valence-electron chi connectivity index (χ1n) is 8.16. The number of ether oxygens (including phenoxy) is 1. The molecular weight excluding hydrogens is 351 g/mol. The van der Waals surface area contributed by atoms with E-state index in [-0.39, 0.29) is 18.1 Å². The Bertz CT molecular complexity index is 777. The Morgan fingerprint density at radius 2 is 2.23 bits per heavy atom. The molecule has 2 aromatic rings. The van der Waals surface area contributed by atoms with Crippen LogP contribution in [0.15, 0.2) is 18.5 Å². The summed E-state index contributed by atoms with van der Waals surface area (Å²) in [7, 11) is 0. The molecule has 2 N–H and O–H groups in total. The molecule has 0 aliphatic carbocycles. The maximum Gasteiger partial charge on any atom is 0.416 e. The Morgan fingerprint density at radius 3 is 2.92 bits per heavy atom. The second kappa shape index (κ2) is 7.40. The minimum atomic E-state index is -4.53. The summed E-state index contributed by atoms with van der Waals surface area (Å²) in [4.78, 5) is 20.3. The summed E-state index contributed by atoms with van der Waals surface area (Å²) in [5.74, 6) is 0.478. The molecular formula is C16H18F3N5O2. The first kappa shape index (κ1) is 18.3. The van der Waals surface area contributed by atoms with Crippen molar-refractivity contribution < 1.29 is 22.7 Å². The van der Waals surface area contributed by atoms with Gasteiger partial charge >= 0.3 is 6.18 Å². The fourth-order valence-electron chi connectivity index (χ4n) is 2.86. The molecule has 1 aliphatic heterocycles. The number of H-pyrrole nitrogens is 1. The fraction of sp³-hybridized carbons (Fsp3) is 0.500. The van der Waals surface area contributed by atoms with Crippen LogP contribution in [0, 0.1) is 0 Å². The molecule has 0 aromatic carbocycles. The Morgan fingerprint density at radius 1 is 1.42 bits per heavy atom. The molecule has 2 atom stereocenters. The van der Waals surface area contributed by atoms with E-state index < -0.39 is 30.1 Å². The van der Waals surface area contributed by atoms with Crippen LogP contribution in [0.1, 0.15) is 35.6 Å². The van der Waals surface area contributed by atoms with Gasteiger partial charge in [-0.15, -0.1) is 0 Å². The monoisotopic (exact) mass is 369 g/mol. The number of carbonyl (C=O) groups excluding carboxylic acids is 1. The van der Waals surface area contributed by atoms with Crippen molar-refractivity contribution in [2.75, 3.05) is 13.2 Å². The van der Waals surface area contributed by atoms with Gasteiger partial charge in [0.05, 0.1) is 37.2 Å². The van der Waals surface area contributed by atoms with E-state index in [1.165, 1.54) is 0 Å². The summed E-state index contributed by atoms with van der Waals surface area (Å²) in [6.07, 6.45) is -2.14. The third-order valence-electron chi connectivity index (χ3n) is 4.20. The highest BCUT2D eigenvalue weighted by Gasteiger charge is 2.36. The summed E-state index contributed by atoms with van der Waals surface area (Å²) in [5, 5.41) is 9.67. The summed E-state index contributed by atoms with van der Waals surface area (Å²) in [5.41, 5.74) is -1.03. The van der Waals surface area contributed by atoms with Gasteiger partial charge in [0, 0.05) is 18.8 Å². The van der Waals surface area contributed by atoms with Crippen LogP contribution in [0.5, 0.6) is 0 Å². The van der Waals surface area contributed by atoms with E-state index in [1.54, 1.807) is 0 Å². The molecule has 0 radical (unpaired) electrons. The van der Waals surface area contributed by atoms with Crippen molar-refractivity contribution in [3.63, 3.8) is 0 Å². The highest BCUT2D eigenvalue weighted by molar-refractivity contribution is 5.79. The van der Waals surface area contributed by atoms with Crippen LogP contribution in [0.4, 0.5) is 13.2 Å². The number of aromatic amines is 1. The molecule has 26 heavy (non-hydrogen) atoms. The molecule has 0 saturated carbocycles. The molecule has 0 bridgehead atoms. The van der Waals surface area contributed by atoms with Crippen LogP contribution < -0.4 is 5.32 Å². The number of aryl methyl sites for hydroxylation is 1. The number of hydrogen-bond donors (Lipinski definition) is 2. The lowest BCUT2D eigenvalue weighted by molar-refractivity contribution is -0.138. The van der Waals surface area contributed by atoms with E-state index in [0.29, 0.717) is 18.9 Å². The van der Waals surface area contributed by atoms with E-state index in [0.717, 1.165) is 24.3 Å². The molecule has 10 heteroatoms. The first-order chi connectivity index (χ1) is 12.4. The van der Waals surface area contributed by atoms with Gasteiger partial charge in [0.2, 0.25) is 5.91 Å². The van der Waals surface area contributed by atoms with Crippen molar-refractivity contribution >= 4 is 5.91 Å². The SMILES string of the molecule is CCc1nc([C@@H]2COC[C@@H]2NC(=O)Cc2cnccc2C(F)(F)F)n[nH]1. The lowest BCUT2D eigenvalue weighted by Gasteiger charge is -2.17. The molecule has 140 valence electrons. The lowest BCUT2D eigenvalue weighted by atomic mass is 10.0. The van der Waals surface area contributed by atoms with Gasteiger partial charge in [0.25, 0.3) is 0 Å². The van der Waals surface area contributed by atoms with Gasteiger partial charge in [-0.2, -0.15) is 18.3 Å². The zero-order valence-electron chi connectivity index (χ0n) is 14.0. The predicted octanol–water partition coefficient (Wildman–Crippen LogP) is 1.62. The molecule has 3 heterocycles. The van der Waals surface area contributed by atoms with E-state index >= 15 is 0 Å². The minimum Gasteiger partial charge on any atom is -0.378 e. The number of alkyl halides is 3. The zero-order valence-corrected chi connectivity index (χ0v) is 14.0. The van der Waals surface area contributed by atoms with Crippen LogP contribution in [0.25, 0.3) is 0 Å². The van der Waals surface area contributed by atoms with Crippen LogP contribution in [-0.4, -0.2) is 45.3 Å². The van der Waals surface area contributed by atoms with Crippen molar-refractivity contribution in [2.24, 2.45) is 0 Å². The second-order valence-electron chi connectivity index (χ2n) is 6.02. The van der Waals surface area contributed by atoms with Gasteiger partial charge in [-0.25, -0.2) is 4.98 Å². The van der Waals surface area contributed by atoms with Gasteiger partial charge in [-0.3, -0.25) is 14.9 Å². The minimum absolute atomic E-state index is 0.167. The largest absolute Gasteiger partial charge is 0.416 e. The number of nitrogens with one attached hydrogen (secondary N) is 2. The smallest absolute Gasteiger partial charge is 0.378 e. The zero-order chi connectivity index (χ0) is 18.7. The standard InChI is InChI=1S/C16H18F3N5O2/c1-2-13-22-15(24-23-13)10-7-26-8-12(10)21-14(25)5-9-6-20-4-3-11(9)16(17,18)19/h3-4,6,10,12H,2,5,7-8H2,1H3,(H,21,25)(H,22,23,24)/t10-,12+/m1/s1. The number of nitrogens with zero attached hydrogens (tertiary/aromatic N) is 3. The Hall–Kier alpha value is -2.49. The summed E-state index contributed by atoms with van der Waals surface area (Å²) < 4.78 is 44.5. The van der Waals surface area contributed by atoms with Crippen LogP contribution in [-0.2, 0) is 28.5 Å². The molecule has 1 saturated heterocycles. The third-order valence-corrected chi connectivity index (χ3v) is 4.20.